The van der Waals surface area contributed by atoms with E-state index >= 15 is 0 Å². The number of likely N-dealkylation sites (tertiary alicyclic amines) is 1. The van der Waals surface area contributed by atoms with Crippen LogP contribution in [0.5, 0.6) is 0 Å². The third kappa shape index (κ3) is 6.00. The number of carbonyl (C=O) groups is 1. The normalized spacial score (nSPS) is 16.5. The quantitative estimate of drug-likeness (QED) is 0.273. The van der Waals surface area contributed by atoms with Gasteiger partial charge in [0.1, 0.15) is 11.9 Å². The fourth-order valence-electron chi connectivity index (χ4n) is 5.65. The van der Waals surface area contributed by atoms with Crippen molar-refractivity contribution >= 4 is 22.6 Å². The molecule has 1 aromatic carbocycles. The first-order valence-corrected chi connectivity index (χ1v) is 14.1. The maximum Gasteiger partial charge on any atom is 0.328 e. The van der Waals surface area contributed by atoms with Crippen molar-refractivity contribution in [1.82, 2.24) is 14.9 Å². The van der Waals surface area contributed by atoms with Crippen molar-refractivity contribution in [3.05, 3.63) is 64.6 Å². The Bertz CT molecular complexity index is 1270. The summed E-state index contributed by atoms with van der Waals surface area (Å²) in [6.45, 7) is 9.54. The van der Waals surface area contributed by atoms with Crippen LogP contribution in [0.4, 0.5) is 5.82 Å². The first-order valence-electron chi connectivity index (χ1n) is 14.1. The molecule has 0 aliphatic carbocycles. The summed E-state index contributed by atoms with van der Waals surface area (Å²) < 4.78 is 11.7. The van der Waals surface area contributed by atoms with Gasteiger partial charge in [0, 0.05) is 49.2 Å². The molecule has 7 nitrogen and oxygen atoms in total. The van der Waals surface area contributed by atoms with Crippen LogP contribution in [-0.4, -0.2) is 59.8 Å². The summed E-state index contributed by atoms with van der Waals surface area (Å²) in [6.07, 6.45) is 8.57. The number of nitrogens with zero attached hydrogens (tertiary/aromatic N) is 3. The Morgan fingerprint density at radius 1 is 1.13 bits per heavy atom. The van der Waals surface area contributed by atoms with Gasteiger partial charge in [0.05, 0.1) is 12.7 Å². The minimum atomic E-state index is -0.433. The largest absolute Gasteiger partial charge is 0.465 e. The van der Waals surface area contributed by atoms with Gasteiger partial charge in [-0.25, -0.2) is 9.78 Å². The molecule has 7 heteroatoms. The number of fused-ring (bicyclic) bond motifs is 2. The molecule has 2 aliphatic heterocycles. The van der Waals surface area contributed by atoms with Gasteiger partial charge in [0.15, 0.2) is 0 Å². The van der Waals surface area contributed by atoms with E-state index < -0.39 is 6.04 Å². The Hall–Kier alpha value is -3.03. The second-order valence-corrected chi connectivity index (χ2v) is 10.6. The third-order valence-electron chi connectivity index (χ3n) is 7.68. The number of ether oxygens (including phenoxy) is 2. The second kappa shape index (κ2) is 12.2. The number of anilines is 1. The highest BCUT2D eigenvalue weighted by molar-refractivity contribution is 5.92. The molecular formula is C31H40N4O3. The number of esters is 1. The minimum Gasteiger partial charge on any atom is -0.465 e. The van der Waals surface area contributed by atoms with Gasteiger partial charge in [0.2, 0.25) is 0 Å². The van der Waals surface area contributed by atoms with Crippen LogP contribution in [-0.2, 0) is 27.1 Å². The van der Waals surface area contributed by atoms with Crippen molar-refractivity contribution in [2.24, 2.45) is 0 Å². The van der Waals surface area contributed by atoms with E-state index in [0.717, 1.165) is 91.8 Å². The number of benzene rings is 1. The molecule has 1 unspecified atom stereocenters. The first kappa shape index (κ1) is 26.6. The smallest absolute Gasteiger partial charge is 0.328 e. The summed E-state index contributed by atoms with van der Waals surface area (Å²) in [5, 5.41) is 5.58. The van der Waals surface area contributed by atoms with Gasteiger partial charge in [-0.05, 0) is 87.6 Å². The molecular weight excluding hydrogens is 476 g/mol. The Labute approximate surface area is 226 Å². The number of carbonyl (C=O) groups excluding carboxylic acids is 1. The Balaban J connectivity index is 1.11. The lowest BCUT2D eigenvalue weighted by molar-refractivity contribution is -0.156. The highest BCUT2D eigenvalue weighted by Gasteiger charge is 2.39. The minimum absolute atomic E-state index is 0.153. The Kier molecular flexibility index (Phi) is 8.55. The number of nitrogens with one attached hydrogen (secondary N) is 1. The van der Waals surface area contributed by atoms with Gasteiger partial charge in [-0.3, -0.25) is 9.88 Å². The molecule has 1 saturated heterocycles. The highest BCUT2D eigenvalue weighted by Crippen LogP contribution is 2.34. The molecule has 2 aliphatic rings. The lowest BCUT2D eigenvalue weighted by atomic mass is 9.93. The first-order chi connectivity index (χ1) is 18.5. The van der Waals surface area contributed by atoms with Crippen molar-refractivity contribution in [2.45, 2.75) is 71.4 Å². The summed E-state index contributed by atoms with van der Waals surface area (Å²) >= 11 is 0. The SMILES string of the molecule is CCOC(=O)C(c1cc(C)cc2c(C)nccc12)N1CC(OCCCCCc2ccc3c(n2)NCCC3)C1. The molecule has 1 N–H and O–H groups in total. The molecule has 38 heavy (non-hydrogen) atoms. The van der Waals surface area contributed by atoms with Crippen molar-refractivity contribution in [3.63, 3.8) is 0 Å². The molecule has 0 bridgehead atoms. The van der Waals surface area contributed by atoms with E-state index in [1.54, 1.807) is 0 Å². The van der Waals surface area contributed by atoms with E-state index in [9.17, 15) is 4.79 Å². The van der Waals surface area contributed by atoms with E-state index in [0.29, 0.717) is 6.61 Å². The number of aryl methyl sites for hydroxylation is 4. The number of aromatic nitrogens is 2. The zero-order chi connectivity index (χ0) is 26.5. The van der Waals surface area contributed by atoms with Gasteiger partial charge < -0.3 is 14.8 Å². The average molecular weight is 517 g/mol. The molecule has 0 amide bonds. The molecule has 0 radical (unpaired) electrons. The Morgan fingerprint density at radius 2 is 2.00 bits per heavy atom. The lowest BCUT2D eigenvalue weighted by Crippen LogP contribution is -2.55. The zero-order valence-electron chi connectivity index (χ0n) is 23.0. The number of hydrogen-bond donors (Lipinski definition) is 1. The van der Waals surface area contributed by atoms with E-state index in [2.05, 4.69) is 46.4 Å². The molecule has 202 valence electrons. The number of rotatable bonds is 11. The maximum absolute atomic E-state index is 13.1. The van der Waals surface area contributed by atoms with Gasteiger partial charge in [-0.1, -0.05) is 24.1 Å². The molecule has 3 aromatic rings. The molecule has 1 atom stereocenters. The zero-order valence-corrected chi connectivity index (χ0v) is 23.0. The topological polar surface area (TPSA) is 76.6 Å². The molecule has 2 aromatic heterocycles. The van der Waals surface area contributed by atoms with Gasteiger partial charge in [0.25, 0.3) is 0 Å². The van der Waals surface area contributed by atoms with Gasteiger partial charge in [-0.15, -0.1) is 0 Å². The van der Waals surface area contributed by atoms with Crippen LogP contribution < -0.4 is 5.32 Å². The van der Waals surface area contributed by atoms with E-state index in [-0.39, 0.29) is 12.1 Å². The maximum atomic E-state index is 13.1. The van der Waals surface area contributed by atoms with Crippen LogP contribution in [0.25, 0.3) is 10.8 Å². The average Bonchev–Trinajstić information content (AvgIpc) is 2.89. The van der Waals surface area contributed by atoms with Crippen LogP contribution in [0.1, 0.15) is 66.7 Å². The van der Waals surface area contributed by atoms with Crippen LogP contribution in [0.15, 0.2) is 36.5 Å². The van der Waals surface area contributed by atoms with Crippen LogP contribution in [0, 0.1) is 13.8 Å². The lowest BCUT2D eigenvalue weighted by Gasteiger charge is -2.43. The molecule has 0 saturated carbocycles. The fourth-order valence-corrected chi connectivity index (χ4v) is 5.65. The highest BCUT2D eigenvalue weighted by atomic mass is 16.5. The van der Waals surface area contributed by atoms with Crippen molar-refractivity contribution in [2.75, 3.05) is 38.2 Å². The number of hydrogen-bond acceptors (Lipinski definition) is 7. The van der Waals surface area contributed by atoms with Crippen LogP contribution >= 0.6 is 0 Å². The predicted octanol–water partition coefficient (Wildman–Crippen LogP) is 5.32. The van der Waals surface area contributed by atoms with E-state index in [4.69, 9.17) is 14.5 Å². The monoisotopic (exact) mass is 516 g/mol. The summed E-state index contributed by atoms with van der Waals surface area (Å²) in [5.41, 5.74) is 5.60. The van der Waals surface area contributed by atoms with Crippen molar-refractivity contribution in [3.8, 4) is 0 Å². The Morgan fingerprint density at radius 3 is 2.84 bits per heavy atom. The summed E-state index contributed by atoms with van der Waals surface area (Å²) in [4.78, 5) is 24.6. The summed E-state index contributed by atoms with van der Waals surface area (Å²) in [7, 11) is 0. The van der Waals surface area contributed by atoms with Gasteiger partial charge >= 0.3 is 5.97 Å². The second-order valence-electron chi connectivity index (χ2n) is 10.6. The van der Waals surface area contributed by atoms with Gasteiger partial charge in [-0.2, -0.15) is 0 Å². The van der Waals surface area contributed by atoms with E-state index in [1.165, 1.54) is 17.7 Å². The van der Waals surface area contributed by atoms with Crippen molar-refractivity contribution in [1.29, 1.82) is 0 Å². The third-order valence-corrected chi connectivity index (χ3v) is 7.68. The number of unbranched alkanes of at least 4 members (excludes halogenated alkanes) is 2. The summed E-state index contributed by atoms with van der Waals surface area (Å²) in [6, 6.07) is 10.2. The summed E-state index contributed by atoms with van der Waals surface area (Å²) in [5.74, 6) is 0.886. The molecule has 1 fully saturated rings. The molecule has 5 rings (SSSR count). The fraction of sp³-hybridized carbons (Fsp3) is 0.516. The predicted molar refractivity (Wildman–Crippen MR) is 151 cm³/mol. The van der Waals surface area contributed by atoms with Crippen molar-refractivity contribution < 1.29 is 14.3 Å². The van der Waals surface area contributed by atoms with Crippen LogP contribution in [0.2, 0.25) is 0 Å². The van der Waals surface area contributed by atoms with E-state index in [1.807, 2.05) is 26.1 Å². The van der Waals surface area contributed by atoms with Crippen LogP contribution in [0.3, 0.4) is 0 Å². The molecule has 4 heterocycles. The standard InChI is InChI=1S/C31H40N4O3/c1-4-37-31(36)29(28-18-21(2)17-27-22(3)32-15-13-26(27)28)35-19-25(20-35)38-16-7-5-6-10-24-12-11-23-9-8-14-33-30(23)34-24/h11-13,15,17-18,25,29H,4-10,14,16,19-20H2,1-3H3,(H,33,34). The number of pyridine rings is 2. The molecule has 0 spiro atoms.